The summed E-state index contributed by atoms with van der Waals surface area (Å²) < 4.78 is 34.1. The number of hydrogen-bond donors (Lipinski definition) is 2. The Bertz CT molecular complexity index is 707. The first-order valence-corrected chi connectivity index (χ1v) is 9.53. The summed E-state index contributed by atoms with van der Waals surface area (Å²) in [7, 11) is -4.01. The molecule has 0 amide bonds. The fourth-order valence-electron chi connectivity index (χ4n) is 3.52. The molecule has 8 nitrogen and oxygen atoms in total. The van der Waals surface area contributed by atoms with E-state index in [4.69, 9.17) is 4.74 Å². The Kier molecular flexibility index (Phi) is 4.86. The number of para-hydroxylation sites is 1. The van der Waals surface area contributed by atoms with E-state index < -0.39 is 32.3 Å². The van der Waals surface area contributed by atoms with E-state index in [9.17, 15) is 18.5 Å². The van der Waals surface area contributed by atoms with Gasteiger partial charge in [-0.25, -0.2) is 13.1 Å². The van der Waals surface area contributed by atoms with Gasteiger partial charge >= 0.3 is 0 Å². The van der Waals surface area contributed by atoms with Crippen molar-refractivity contribution in [1.29, 1.82) is 0 Å². The van der Waals surface area contributed by atoms with Crippen molar-refractivity contribution in [2.45, 2.75) is 42.2 Å². The lowest BCUT2D eigenvalue weighted by molar-refractivity contribution is -0.387. The molecule has 0 unspecified atom stereocenters. The Balaban J connectivity index is 1.89. The van der Waals surface area contributed by atoms with Gasteiger partial charge in [0.15, 0.2) is 4.90 Å². The third-order valence-electron chi connectivity index (χ3n) is 4.72. The molecule has 1 aliphatic carbocycles. The number of benzene rings is 1. The number of hydrogen-bond acceptors (Lipinski definition) is 6. The predicted molar refractivity (Wildman–Crippen MR) is 87.2 cm³/mol. The molecule has 2 N–H and O–H groups in total. The highest BCUT2D eigenvalue weighted by Crippen LogP contribution is 2.34. The molecular formula is C15H21N3O5S. The van der Waals surface area contributed by atoms with E-state index in [1.54, 1.807) is 0 Å². The number of nitrogens with zero attached hydrogens (tertiary/aromatic N) is 1. The summed E-state index contributed by atoms with van der Waals surface area (Å²) in [6.07, 6.45) is 3.30. The van der Waals surface area contributed by atoms with E-state index in [1.807, 2.05) is 0 Å². The normalized spacial score (nSPS) is 27.9. The highest BCUT2D eigenvalue weighted by atomic mass is 32.2. The number of ether oxygens (including phenoxy) is 1. The molecule has 1 saturated carbocycles. The quantitative estimate of drug-likeness (QED) is 0.620. The largest absolute Gasteiger partial charge is 0.371 e. The second kappa shape index (κ2) is 6.75. The van der Waals surface area contributed by atoms with Crippen LogP contribution in [0, 0.1) is 10.1 Å². The van der Waals surface area contributed by atoms with E-state index in [-0.39, 0.29) is 4.90 Å². The maximum Gasteiger partial charge on any atom is 0.289 e. The minimum Gasteiger partial charge on any atom is -0.371 e. The van der Waals surface area contributed by atoms with Crippen LogP contribution < -0.4 is 10.0 Å². The minimum absolute atomic E-state index is 0.306. The highest BCUT2D eigenvalue weighted by Gasteiger charge is 2.45. The summed E-state index contributed by atoms with van der Waals surface area (Å²) in [5.41, 5.74) is -0.995. The molecule has 9 heteroatoms. The first-order valence-electron chi connectivity index (χ1n) is 8.05. The summed E-state index contributed by atoms with van der Waals surface area (Å²) in [5, 5.41) is 14.4. The first kappa shape index (κ1) is 17.3. The average Bonchev–Trinajstić information content (AvgIpc) is 2.58. The number of nitro benzene ring substituents is 1. The van der Waals surface area contributed by atoms with Crippen molar-refractivity contribution in [1.82, 2.24) is 10.0 Å². The van der Waals surface area contributed by atoms with Crippen LogP contribution in [0.5, 0.6) is 0 Å². The van der Waals surface area contributed by atoms with Crippen molar-refractivity contribution in [3.05, 3.63) is 34.4 Å². The Morgan fingerprint density at radius 3 is 2.83 bits per heavy atom. The molecule has 132 valence electrons. The molecule has 1 spiro atoms. The summed E-state index contributed by atoms with van der Waals surface area (Å²) >= 11 is 0. The zero-order chi connectivity index (χ0) is 17.2. The summed E-state index contributed by atoms with van der Waals surface area (Å²) in [6.45, 7) is 1.85. The van der Waals surface area contributed by atoms with Gasteiger partial charge in [0.05, 0.1) is 23.2 Å². The van der Waals surface area contributed by atoms with Gasteiger partial charge in [-0.15, -0.1) is 0 Å². The van der Waals surface area contributed by atoms with Crippen LogP contribution >= 0.6 is 0 Å². The van der Waals surface area contributed by atoms with Crippen molar-refractivity contribution in [3.63, 3.8) is 0 Å². The summed E-state index contributed by atoms with van der Waals surface area (Å²) in [6, 6.07) is 4.99. The first-order chi connectivity index (χ1) is 11.4. The lowest BCUT2D eigenvalue weighted by Gasteiger charge is -2.46. The molecule has 1 heterocycles. The van der Waals surface area contributed by atoms with Gasteiger partial charge in [0, 0.05) is 19.2 Å². The standard InChI is InChI=1S/C15H21N3O5S/c19-18(20)12-5-1-2-6-13(12)24(21,22)17-14-7-3-4-8-15(14)11-16-9-10-23-15/h1-2,5-6,14,16-17H,3-4,7-11H2/t14-,15-/m1/s1. The van der Waals surface area contributed by atoms with Crippen molar-refractivity contribution in [2.24, 2.45) is 0 Å². The summed E-state index contributed by atoms with van der Waals surface area (Å²) in [4.78, 5) is 10.2. The van der Waals surface area contributed by atoms with Gasteiger partial charge in [-0.1, -0.05) is 25.0 Å². The van der Waals surface area contributed by atoms with Crippen LogP contribution in [-0.2, 0) is 14.8 Å². The van der Waals surface area contributed by atoms with E-state index >= 15 is 0 Å². The van der Waals surface area contributed by atoms with E-state index in [0.717, 1.165) is 25.8 Å². The molecule has 2 aliphatic rings. The van der Waals surface area contributed by atoms with Gasteiger partial charge in [0.1, 0.15) is 0 Å². The average molecular weight is 355 g/mol. The predicted octanol–water partition coefficient (Wildman–Crippen LogP) is 1.17. The van der Waals surface area contributed by atoms with Crippen LogP contribution in [0.3, 0.4) is 0 Å². The molecule has 0 radical (unpaired) electrons. The van der Waals surface area contributed by atoms with Gasteiger partial charge in [-0.05, 0) is 18.9 Å². The number of sulfonamides is 1. The third kappa shape index (κ3) is 3.30. The third-order valence-corrected chi connectivity index (χ3v) is 6.24. The molecule has 1 saturated heterocycles. The molecular weight excluding hydrogens is 334 g/mol. The molecule has 1 aromatic carbocycles. The molecule has 3 rings (SSSR count). The number of nitro groups is 1. The number of rotatable bonds is 4. The lowest BCUT2D eigenvalue weighted by Crippen LogP contribution is -2.63. The minimum atomic E-state index is -4.01. The monoisotopic (exact) mass is 355 g/mol. The Labute approximate surface area is 140 Å². The van der Waals surface area contributed by atoms with E-state index in [1.165, 1.54) is 24.3 Å². The van der Waals surface area contributed by atoms with Crippen LogP contribution in [0.25, 0.3) is 0 Å². The Morgan fingerprint density at radius 1 is 1.33 bits per heavy atom. The second-order valence-electron chi connectivity index (χ2n) is 6.23. The smallest absolute Gasteiger partial charge is 0.289 e. The lowest BCUT2D eigenvalue weighted by atomic mass is 9.80. The van der Waals surface area contributed by atoms with Crippen LogP contribution in [0.15, 0.2) is 29.2 Å². The molecule has 0 aromatic heterocycles. The SMILES string of the molecule is O=[N+]([O-])c1ccccc1S(=O)(=O)N[C@@H]1CCCC[C@@]12CNCCO2. The fourth-order valence-corrected chi connectivity index (χ4v) is 5.03. The molecule has 2 atom stereocenters. The van der Waals surface area contributed by atoms with Gasteiger partial charge in [0.25, 0.3) is 5.69 Å². The number of nitrogens with one attached hydrogen (secondary N) is 2. The zero-order valence-corrected chi connectivity index (χ0v) is 14.0. The van der Waals surface area contributed by atoms with E-state index in [0.29, 0.717) is 19.6 Å². The van der Waals surface area contributed by atoms with Crippen molar-refractivity contribution < 1.29 is 18.1 Å². The maximum absolute atomic E-state index is 12.8. The van der Waals surface area contributed by atoms with Crippen molar-refractivity contribution in [3.8, 4) is 0 Å². The van der Waals surface area contributed by atoms with Crippen LogP contribution in [0.2, 0.25) is 0 Å². The topological polar surface area (TPSA) is 111 Å². The second-order valence-corrected chi connectivity index (χ2v) is 7.92. The Morgan fingerprint density at radius 2 is 2.12 bits per heavy atom. The maximum atomic E-state index is 12.8. The van der Waals surface area contributed by atoms with Gasteiger partial charge in [0.2, 0.25) is 10.0 Å². The summed E-state index contributed by atoms with van der Waals surface area (Å²) in [5.74, 6) is 0. The van der Waals surface area contributed by atoms with Crippen molar-refractivity contribution >= 4 is 15.7 Å². The zero-order valence-electron chi connectivity index (χ0n) is 13.2. The van der Waals surface area contributed by atoms with Crippen LogP contribution in [0.4, 0.5) is 5.69 Å². The Hall–Kier alpha value is -1.55. The van der Waals surface area contributed by atoms with Crippen LogP contribution in [-0.4, -0.2) is 44.7 Å². The fraction of sp³-hybridized carbons (Fsp3) is 0.600. The van der Waals surface area contributed by atoms with Crippen LogP contribution in [0.1, 0.15) is 25.7 Å². The molecule has 0 bridgehead atoms. The molecule has 2 fully saturated rings. The van der Waals surface area contributed by atoms with E-state index in [2.05, 4.69) is 10.0 Å². The van der Waals surface area contributed by atoms with Gasteiger partial charge < -0.3 is 10.1 Å². The van der Waals surface area contributed by atoms with Gasteiger partial charge in [-0.2, -0.15) is 0 Å². The van der Waals surface area contributed by atoms with Crippen molar-refractivity contribution in [2.75, 3.05) is 19.7 Å². The highest BCUT2D eigenvalue weighted by molar-refractivity contribution is 7.89. The molecule has 1 aromatic rings. The molecule has 24 heavy (non-hydrogen) atoms. The molecule has 1 aliphatic heterocycles. The number of morpholine rings is 1. The van der Waals surface area contributed by atoms with Gasteiger partial charge in [-0.3, -0.25) is 10.1 Å².